The van der Waals surface area contributed by atoms with Crippen LogP contribution in [0.3, 0.4) is 0 Å². The smallest absolute Gasteiger partial charge is 0.0587 e. The second-order valence-corrected chi connectivity index (χ2v) is 12.1. The normalized spacial score (nSPS) is 20.2. The molecule has 0 atom stereocenters. The van der Waals surface area contributed by atoms with Gasteiger partial charge < -0.3 is 10.1 Å². The molecule has 0 aliphatic heterocycles. The van der Waals surface area contributed by atoms with E-state index in [0.29, 0.717) is 5.41 Å². The van der Waals surface area contributed by atoms with Crippen LogP contribution >= 0.6 is 0 Å². The molecule has 1 aliphatic carbocycles. The fourth-order valence-corrected chi connectivity index (χ4v) is 5.92. The summed E-state index contributed by atoms with van der Waals surface area (Å²) in [6.07, 6.45) is 5.77. The van der Waals surface area contributed by atoms with Crippen molar-refractivity contribution in [3.05, 3.63) is 0 Å². The molecule has 2 nitrogen and oxygen atoms in total. The Hall–Kier alpha value is 0.137. The first-order valence-corrected chi connectivity index (χ1v) is 10.4. The van der Waals surface area contributed by atoms with E-state index in [9.17, 15) is 0 Å². The molecule has 0 aromatic rings. The molecular weight excluding hydrogens is 214 g/mol. The Morgan fingerprint density at radius 2 is 1.81 bits per heavy atom. The van der Waals surface area contributed by atoms with Gasteiger partial charge >= 0.3 is 0 Å². The van der Waals surface area contributed by atoms with Crippen molar-refractivity contribution in [3.63, 3.8) is 0 Å². The fourth-order valence-electron chi connectivity index (χ4n) is 3.19. The molecule has 1 N–H and O–H groups in total. The standard InChI is InChI=1S/C13H29NOSi/c1-15-10-9-14-11-13(7-5-6-8-13)12-16(2,3)4/h14H,5-12H2,1-4H3. The van der Waals surface area contributed by atoms with Gasteiger partial charge in [-0.3, -0.25) is 0 Å². The maximum Gasteiger partial charge on any atom is 0.0587 e. The molecule has 3 heteroatoms. The van der Waals surface area contributed by atoms with E-state index >= 15 is 0 Å². The van der Waals surface area contributed by atoms with Gasteiger partial charge in [0.1, 0.15) is 0 Å². The Bertz CT molecular complexity index is 195. The summed E-state index contributed by atoms with van der Waals surface area (Å²) in [5.41, 5.74) is 0.623. The van der Waals surface area contributed by atoms with Crippen molar-refractivity contribution in [2.45, 2.75) is 51.4 Å². The number of ether oxygens (including phenoxy) is 1. The highest BCUT2D eigenvalue weighted by Gasteiger charge is 2.37. The van der Waals surface area contributed by atoms with Crippen molar-refractivity contribution in [1.82, 2.24) is 5.32 Å². The summed E-state index contributed by atoms with van der Waals surface area (Å²) in [5.74, 6) is 0. The van der Waals surface area contributed by atoms with Crippen LogP contribution in [-0.4, -0.2) is 34.9 Å². The summed E-state index contributed by atoms with van der Waals surface area (Å²) >= 11 is 0. The summed E-state index contributed by atoms with van der Waals surface area (Å²) in [7, 11) is 0.839. The molecule has 1 saturated carbocycles. The number of hydrogen-bond acceptors (Lipinski definition) is 2. The Morgan fingerprint density at radius 1 is 1.19 bits per heavy atom. The van der Waals surface area contributed by atoms with Crippen molar-refractivity contribution in [2.75, 3.05) is 26.8 Å². The van der Waals surface area contributed by atoms with E-state index in [1.807, 2.05) is 0 Å². The third-order valence-electron chi connectivity index (χ3n) is 3.55. The first-order chi connectivity index (χ1) is 7.47. The largest absolute Gasteiger partial charge is 0.383 e. The topological polar surface area (TPSA) is 21.3 Å². The van der Waals surface area contributed by atoms with Crippen molar-refractivity contribution >= 4 is 8.07 Å². The second-order valence-electron chi connectivity index (χ2n) is 6.61. The van der Waals surface area contributed by atoms with Crippen LogP contribution in [0.4, 0.5) is 0 Å². The Balaban J connectivity index is 2.39. The van der Waals surface area contributed by atoms with Gasteiger partial charge in [-0.1, -0.05) is 38.5 Å². The minimum atomic E-state index is -0.934. The van der Waals surface area contributed by atoms with Gasteiger partial charge in [-0.25, -0.2) is 0 Å². The number of hydrogen-bond donors (Lipinski definition) is 1. The van der Waals surface area contributed by atoms with E-state index in [1.54, 1.807) is 7.11 Å². The lowest BCUT2D eigenvalue weighted by molar-refractivity contribution is 0.192. The average Bonchev–Trinajstić information content (AvgIpc) is 2.59. The van der Waals surface area contributed by atoms with Gasteiger partial charge in [0, 0.05) is 28.3 Å². The molecule has 0 radical (unpaired) electrons. The fraction of sp³-hybridized carbons (Fsp3) is 1.00. The summed E-state index contributed by atoms with van der Waals surface area (Å²) in [6.45, 7) is 10.6. The first kappa shape index (κ1) is 14.2. The van der Waals surface area contributed by atoms with Crippen LogP contribution in [0.15, 0.2) is 0 Å². The minimum absolute atomic E-state index is 0.623. The van der Waals surface area contributed by atoms with Gasteiger partial charge in [0.15, 0.2) is 0 Å². The van der Waals surface area contributed by atoms with Crippen molar-refractivity contribution < 1.29 is 4.74 Å². The summed E-state index contributed by atoms with van der Waals surface area (Å²) in [5, 5.41) is 3.59. The summed E-state index contributed by atoms with van der Waals surface area (Å²) < 4.78 is 5.09. The molecule has 16 heavy (non-hydrogen) atoms. The number of methoxy groups -OCH3 is 1. The van der Waals surface area contributed by atoms with E-state index in [1.165, 1.54) is 38.3 Å². The van der Waals surface area contributed by atoms with Gasteiger partial charge in [-0.05, 0) is 18.3 Å². The lowest BCUT2D eigenvalue weighted by Gasteiger charge is -2.35. The monoisotopic (exact) mass is 243 g/mol. The van der Waals surface area contributed by atoms with Crippen LogP contribution in [0.25, 0.3) is 0 Å². The molecule has 0 bridgehead atoms. The molecule has 0 aromatic heterocycles. The van der Waals surface area contributed by atoms with E-state index in [0.717, 1.165) is 13.2 Å². The summed E-state index contributed by atoms with van der Waals surface area (Å²) in [6, 6.07) is 1.49. The van der Waals surface area contributed by atoms with Crippen molar-refractivity contribution in [1.29, 1.82) is 0 Å². The Morgan fingerprint density at radius 3 is 2.31 bits per heavy atom. The maximum absolute atomic E-state index is 5.09. The maximum atomic E-state index is 5.09. The van der Waals surface area contributed by atoms with Crippen molar-refractivity contribution in [2.24, 2.45) is 5.41 Å². The third kappa shape index (κ3) is 4.98. The molecule has 0 aromatic carbocycles. The molecule has 1 aliphatic rings. The highest BCUT2D eigenvalue weighted by Crippen LogP contribution is 2.43. The predicted octanol–water partition coefficient (Wildman–Crippen LogP) is 3.12. The molecule has 0 heterocycles. The predicted molar refractivity (Wildman–Crippen MR) is 73.8 cm³/mol. The van der Waals surface area contributed by atoms with Crippen LogP contribution < -0.4 is 5.32 Å². The molecule has 0 saturated heterocycles. The molecule has 0 spiro atoms. The molecule has 0 unspecified atom stereocenters. The van der Waals surface area contributed by atoms with Gasteiger partial charge in [0.2, 0.25) is 0 Å². The molecular formula is C13H29NOSi. The summed E-state index contributed by atoms with van der Waals surface area (Å²) in [4.78, 5) is 0. The van der Waals surface area contributed by atoms with E-state index < -0.39 is 8.07 Å². The van der Waals surface area contributed by atoms with Crippen LogP contribution in [0.1, 0.15) is 25.7 Å². The third-order valence-corrected chi connectivity index (χ3v) is 5.36. The quantitative estimate of drug-likeness (QED) is 0.548. The number of nitrogens with one attached hydrogen (secondary N) is 1. The average molecular weight is 243 g/mol. The zero-order valence-electron chi connectivity index (χ0n) is 11.6. The molecule has 0 amide bonds. The van der Waals surface area contributed by atoms with Crippen molar-refractivity contribution in [3.8, 4) is 0 Å². The van der Waals surface area contributed by atoms with Gasteiger partial charge in [-0.15, -0.1) is 0 Å². The molecule has 1 fully saturated rings. The van der Waals surface area contributed by atoms with Gasteiger partial charge in [0.05, 0.1) is 6.61 Å². The first-order valence-electron chi connectivity index (χ1n) is 6.67. The highest BCUT2D eigenvalue weighted by molar-refractivity contribution is 6.76. The van der Waals surface area contributed by atoms with Crippen LogP contribution in [0.5, 0.6) is 0 Å². The highest BCUT2D eigenvalue weighted by atomic mass is 28.3. The lowest BCUT2D eigenvalue weighted by Crippen LogP contribution is -2.39. The lowest BCUT2D eigenvalue weighted by atomic mass is 9.88. The van der Waals surface area contributed by atoms with E-state index in [2.05, 4.69) is 25.0 Å². The molecule has 1 rings (SSSR count). The molecule has 96 valence electrons. The number of rotatable bonds is 7. The van der Waals surface area contributed by atoms with Crippen LogP contribution in [-0.2, 0) is 4.74 Å². The zero-order valence-corrected chi connectivity index (χ0v) is 12.6. The SMILES string of the molecule is COCCNCC1(C[Si](C)(C)C)CCCC1. The van der Waals surface area contributed by atoms with Crippen LogP contribution in [0, 0.1) is 5.41 Å². The second kappa shape index (κ2) is 6.17. The minimum Gasteiger partial charge on any atom is -0.383 e. The van der Waals surface area contributed by atoms with E-state index in [-0.39, 0.29) is 0 Å². The van der Waals surface area contributed by atoms with Crippen LogP contribution in [0.2, 0.25) is 25.7 Å². The Labute approximate surface area is 102 Å². The van der Waals surface area contributed by atoms with Gasteiger partial charge in [0.25, 0.3) is 0 Å². The Kier molecular flexibility index (Phi) is 5.48. The zero-order chi connectivity index (χ0) is 12.1. The van der Waals surface area contributed by atoms with Gasteiger partial charge in [-0.2, -0.15) is 0 Å². The van der Waals surface area contributed by atoms with E-state index in [4.69, 9.17) is 4.74 Å².